The number of alkyl halides is 1. The van der Waals surface area contributed by atoms with Gasteiger partial charge in [-0.2, -0.15) is 0 Å². The highest BCUT2D eigenvalue weighted by Crippen LogP contribution is 2.26. The van der Waals surface area contributed by atoms with Gasteiger partial charge < -0.3 is 9.47 Å². The topological polar surface area (TPSA) is 21.7 Å². The highest BCUT2D eigenvalue weighted by atomic mass is 35.5. The van der Waals surface area contributed by atoms with Crippen molar-refractivity contribution in [2.24, 2.45) is 0 Å². The zero-order valence-electron chi connectivity index (χ0n) is 11.3. The zero-order valence-corrected chi connectivity index (χ0v) is 12.1. The molecular formula is C15H19ClFNO2. The molecule has 2 saturated heterocycles. The molecule has 5 heteroatoms. The minimum atomic E-state index is -0.212. The molecule has 20 heavy (non-hydrogen) atoms. The van der Waals surface area contributed by atoms with E-state index in [-0.39, 0.29) is 18.0 Å². The van der Waals surface area contributed by atoms with Crippen molar-refractivity contribution in [2.75, 3.05) is 25.6 Å². The average molecular weight is 300 g/mol. The SMILES string of the molecule is Fc1ccc(CO[C@@H]2C[C@@H]3CO[C@@H](CCl)CN3C2)cc1. The third-order valence-electron chi connectivity index (χ3n) is 4.02. The van der Waals surface area contributed by atoms with Crippen molar-refractivity contribution in [3.63, 3.8) is 0 Å². The van der Waals surface area contributed by atoms with Gasteiger partial charge in [-0.1, -0.05) is 12.1 Å². The van der Waals surface area contributed by atoms with Gasteiger partial charge in [-0.3, -0.25) is 4.90 Å². The van der Waals surface area contributed by atoms with Gasteiger partial charge in [0.15, 0.2) is 0 Å². The van der Waals surface area contributed by atoms with Crippen molar-refractivity contribution < 1.29 is 13.9 Å². The molecule has 0 bridgehead atoms. The van der Waals surface area contributed by atoms with E-state index in [1.54, 1.807) is 12.1 Å². The Morgan fingerprint density at radius 1 is 1.30 bits per heavy atom. The Hall–Kier alpha value is -0.680. The molecular weight excluding hydrogens is 281 g/mol. The van der Waals surface area contributed by atoms with Crippen molar-refractivity contribution in [1.29, 1.82) is 0 Å². The first-order chi connectivity index (χ1) is 9.74. The third-order valence-corrected chi connectivity index (χ3v) is 4.37. The number of benzene rings is 1. The molecule has 0 radical (unpaired) electrons. The van der Waals surface area contributed by atoms with Crippen molar-refractivity contribution in [2.45, 2.75) is 31.3 Å². The smallest absolute Gasteiger partial charge is 0.123 e. The molecule has 1 aromatic carbocycles. The maximum Gasteiger partial charge on any atom is 0.123 e. The summed E-state index contributed by atoms with van der Waals surface area (Å²) in [5, 5.41) is 0. The van der Waals surface area contributed by atoms with Crippen LogP contribution >= 0.6 is 11.6 Å². The van der Waals surface area contributed by atoms with Crippen molar-refractivity contribution >= 4 is 11.6 Å². The van der Waals surface area contributed by atoms with Gasteiger partial charge in [-0.25, -0.2) is 4.39 Å². The lowest BCUT2D eigenvalue weighted by molar-refractivity contribution is -0.0377. The largest absolute Gasteiger partial charge is 0.374 e. The summed E-state index contributed by atoms with van der Waals surface area (Å²) in [4.78, 5) is 2.41. The van der Waals surface area contributed by atoms with Crippen LogP contribution in [0.3, 0.4) is 0 Å². The number of fused-ring (bicyclic) bond motifs is 1. The van der Waals surface area contributed by atoms with E-state index in [9.17, 15) is 4.39 Å². The molecule has 2 fully saturated rings. The fraction of sp³-hybridized carbons (Fsp3) is 0.600. The van der Waals surface area contributed by atoms with E-state index in [1.807, 2.05) is 0 Å². The van der Waals surface area contributed by atoms with Crippen LogP contribution in [0.15, 0.2) is 24.3 Å². The number of ether oxygens (including phenoxy) is 2. The Balaban J connectivity index is 1.49. The van der Waals surface area contributed by atoms with Crippen LogP contribution in [0, 0.1) is 5.82 Å². The zero-order chi connectivity index (χ0) is 13.9. The number of nitrogens with zero attached hydrogens (tertiary/aromatic N) is 1. The summed E-state index contributed by atoms with van der Waals surface area (Å²) in [6, 6.07) is 6.92. The lowest BCUT2D eigenvalue weighted by Crippen LogP contribution is -2.46. The van der Waals surface area contributed by atoms with Crippen LogP contribution in [0.5, 0.6) is 0 Å². The summed E-state index contributed by atoms with van der Waals surface area (Å²) in [5.74, 6) is 0.334. The van der Waals surface area contributed by atoms with Crippen molar-refractivity contribution in [1.82, 2.24) is 4.90 Å². The Kier molecular flexibility index (Phi) is 4.56. The van der Waals surface area contributed by atoms with Crippen LogP contribution in [0.1, 0.15) is 12.0 Å². The predicted molar refractivity (Wildman–Crippen MR) is 75.4 cm³/mol. The van der Waals surface area contributed by atoms with Gasteiger partial charge in [0.05, 0.1) is 25.4 Å². The summed E-state index contributed by atoms with van der Waals surface area (Å²) in [6.45, 7) is 3.10. The maximum atomic E-state index is 12.8. The molecule has 110 valence electrons. The van der Waals surface area contributed by atoms with E-state index in [4.69, 9.17) is 21.1 Å². The number of hydrogen-bond acceptors (Lipinski definition) is 3. The van der Waals surface area contributed by atoms with E-state index in [0.717, 1.165) is 31.7 Å². The molecule has 0 N–H and O–H groups in total. The summed E-state index contributed by atoms with van der Waals surface area (Å²) in [7, 11) is 0. The highest BCUT2D eigenvalue weighted by molar-refractivity contribution is 6.18. The highest BCUT2D eigenvalue weighted by Gasteiger charge is 2.37. The molecule has 2 aliphatic rings. The van der Waals surface area contributed by atoms with Gasteiger partial charge >= 0.3 is 0 Å². The number of rotatable bonds is 4. The maximum absolute atomic E-state index is 12.8. The minimum Gasteiger partial charge on any atom is -0.374 e. The molecule has 3 rings (SSSR count). The Morgan fingerprint density at radius 3 is 2.85 bits per heavy atom. The van der Waals surface area contributed by atoms with Gasteiger partial charge in [-0.05, 0) is 24.1 Å². The van der Waals surface area contributed by atoms with Crippen molar-refractivity contribution in [3.8, 4) is 0 Å². The Bertz CT molecular complexity index is 442. The number of hydrogen-bond donors (Lipinski definition) is 0. The molecule has 0 saturated carbocycles. The van der Waals surface area contributed by atoms with Crippen LogP contribution in [-0.2, 0) is 16.1 Å². The normalized spacial score (nSPS) is 30.4. The molecule has 2 aliphatic heterocycles. The number of halogens is 2. The third kappa shape index (κ3) is 3.31. The summed E-state index contributed by atoms with van der Waals surface area (Å²) in [5.41, 5.74) is 1.01. The minimum absolute atomic E-state index is 0.142. The standard InChI is InChI=1S/C15H19ClFNO2/c16-6-15-8-18-7-14(5-13(18)10-20-15)19-9-11-1-3-12(17)4-2-11/h1-4,13-15H,5-10H2/t13-,14-,15+/m1/s1. The van der Waals surface area contributed by atoms with E-state index in [1.165, 1.54) is 12.1 Å². The quantitative estimate of drug-likeness (QED) is 0.797. The summed E-state index contributed by atoms with van der Waals surface area (Å²) < 4.78 is 24.5. The van der Waals surface area contributed by atoms with E-state index in [0.29, 0.717) is 18.5 Å². The fourth-order valence-electron chi connectivity index (χ4n) is 2.90. The fourth-order valence-corrected chi connectivity index (χ4v) is 3.09. The van der Waals surface area contributed by atoms with Gasteiger partial charge in [0.25, 0.3) is 0 Å². The molecule has 0 aliphatic carbocycles. The van der Waals surface area contributed by atoms with Gasteiger partial charge in [0.2, 0.25) is 0 Å². The first kappa shape index (κ1) is 14.3. The molecule has 0 spiro atoms. The van der Waals surface area contributed by atoms with E-state index in [2.05, 4.69) is 4.90 Å². The van der Waals surface area contributed by atoms with Crippen LogP contribution in [-0.4, -0.2) is 48.7 Å². The molecule has 1 aromatic rings. The lowest BCUT2D eigenvalue weighted by Gasteiger charge is -2.33. The molecule has 0 unspecified atom stereocenters. The molecule has 3 nitrogen and oxygen atoms in total. The number of morpholine rings is 1. The van der Waals surface area contributed by atoms with Gasteiger partial charge in [-0.15, -0.1) is 11.6 Å². The second kappa shape index (κ2) is 6.39. The second-order valence-electron chi connectivity index (χ2n) is 5.51. The average Bonchev–Trinajstić information content (AvgIpc) is 2.88. The molecule has 0 amide bonds. The monoisotopic (exact) mass is 299 g/mol. The van der Waals surface area contributed by atoms with Gasteiger partial charge in [0, 0.05) is 25.0 Å². The van der Waals surface area contributed by atoms with Crippen LogP contribution in [0.4, 0.5) is 4.39 Å². The first-order valence-electron chi connectivity index (χ1n) is 7.02. The van der Waals surface area contributed by atoms with Gasteiger partial charge in [0.1, 0.15) is 5.82 Å². The van der Waals surface area contributed by atoms with Crippen LogP contribution in [0.2, 0.25) is 0 Å². The second-order valence-corrected chi connectivity index (χ2v) is 5.82. The first-order valence-corrected chi connectivity index (χ1v) is 7.55. The van der Waals surface area contributed by atoms with E-state index >= 15 is 0 Å². The molecule has 3 atom stereocenters. The Labute approximate surface area is 123 Å². The summed E-state index contributed by atoms with van der Waals surface area (Å²) in [6.07, 6.45) is 1.36. The lowest BCUT2D eigenvalue weighted by atomic mass is 10.2. The predicted octanol–water partition coefficient (Wildman–Crippen LogP) is 2.42. The Morgan fingerprint density at radius 2 is 2.10 bits per heavy atom. The summed E-state index contributed by atoms with van der Waals surface area (Å²) >= 11 is 5.85. The van der Waals surface area contributed by atoms with Crippen molar-refractivity contribution in [3.05, 3.63) is 35.6 Å². The van der Waals surface area contributed by atoms with Crippen LogP contribution in [0.25, 0.3) is 0 Å². The molecule has 2 heterocycles. The van der Waals surface area contributed by atoms with E-state index < -0.39 is 0 Å². The molecule has 0 aromatic heterocycles. The van der Waals surface area contributed by atoms with Crippen LogP contribution < -0.4 is 0 Å².